The van der Waals surface area contributed by atoms with E-state index in [1.807, 2.05) is 0 Å². The van der Waals surface area contributed by atoms with Crippen LogP contribution in [0, 0.1) is 35.5 Å². The lowest BCUT2D eigenvalue weighted by atomic mass is 9.67. The monoisotopic (exact) mass is 374 g/mol. The van der Waals surface area contributed by atoms with Crippen molar-refractivity contribution in [2.45, 2.75) is 110 Å². The van der Waals surface area contributed by atoms with Crippen molar-refractivity contribution in [3.8, 4) is 0 Å². The third-order valence-electron chi connectivity index (χ3n) is 8.34. The molecule has 2 unspecified atom stereocenters. The van der Waals surface area contributed by atoms with Crippen molar-refractivity contribution in [3.05, 3.63) is 0 Å². The van der Waals surface area contributed by atoms with Crippen LogP contribution in [0.4, 0.5) is 0 Å². The van der Waals surface area contributed by atoms with Gasteiger partial charge in [-0.15, -0.1) is 0 Å². The van der Waals surface area contributed by atoms with Crippen LogP contribution in [-0.4, -0.2) is 11.6 Å². The minimum absolute atomic E-state index is 0.246. The van der Waals surface area contributed by atoms with E-state index in [1.54, 1.807) is 0 Å². The van der Waals surface area contributed by atoms with Gasteiger partial charge in [-0.3, -0.25) is 9.59 Å². The van der Waals surface area contributed by atoms with Crippen molar-refractivity contribution in [2.24, 2.45) is 35.5 Å². The highest BCUT2D eigenvalue weighted by Gasteiger charge is 2.35. The van der Waals surface area contributed by atoms with Crippen LogP contribution in [0.25, 0.3) is 0 Å². The molecule has 3 aliphatic rings. The summed E-state index contributed by atoms with van der Waals surface area (Å²) < 4.78 is 0. The first-order chi connectivity index (χ1) is 13.1. The van der Waals surface area contributed by atoms with Crippen LogP contribution < -0.4 is 0 Å². The molecule has 2 nitrogen and oxygen atoms in total. The fourth-order valence-corrected chi connectivity index (χ4v) is 6.43. The van der Waals surface area contributed by atoms with E-state index in [4.69, 9.17) is 0 Å². The first-order valence-corrected chi connectivity index (χ1v) is 12.2. The summed E-state index contributed by atoms with van der Waals surface area (Å²) in [6.07, 6.45) is 18.0. The Bertz CT molecular complexity index is 481. The second-order valence-corrected chi connectivity index (χ2v) is 10.1. The van der Waals surface area contributed by atoms with Gasteiger partial charge in [-0.05, 0) is 81.0 Å². The first-order valence-electron chi connectivity index (χ1n) is 12.2. The van der Waals surface area contributed by atoms with Crippen LogP contribution in [0.5, 0.6) is 0 Å². The lowest BCUT2D eigenvalue weighted by molar-refractivity contribution is -0.136. The summed E-state index contributed by atoms with van der Waals surface area (Å²) in [5, 5.41) is 0. The van der Waals surface area contributed by atoms with Crippen molar-refractivity contribution in [1.82, 2.24) is 0 Å². The highest BCUT2D eigenvalue weighted by atomic mass is 16.1. The summed E-state index contributed by atoms with van der Waals surface area (Å²) in [6.45, 7) is 4.48. The van der Waals surface area contributed by atoms with Gasteiger partial charge in [-0.1, -0.05) is 46.0 Å². The maximum absolute atomic E-state index is 12.7. The number of carbonyl (C=O) groups is 2. The summed E-state index contributed by atoms with van der Waals surface area (Å²) in [6, 6.07) is 0. The van der Waals surface area contributed by atoms with Gasteiger partial charge in [0.1, 0.15) is 11.6 Å². The molecule has 0 aliphatic heterocycles. The van der Waals surface area contributed by atoms with Crippen LogP contribution in [-0.2, 0) is 9.59 Å². The molecule has 0 aromatic carbocycles. The molecule has 0 amide bonds. The topological polar surface area (TPSA) is 34.1 Å². The van der Waals surface area contributed by atoms with Crippen LogP contribution in [0.3, 0.4) is 0 Å². The summed E-state index contributed by atoms with van der Waals surface area (Å²) >= 11 is 0. The largest absolute Gasteiger partial charge is 0.299 e. The summed E-state index contributed by atoms with van der Waals surface area (Å²) in [7, 11) is 0. The maximum atomic E-state index is 12.7. The average Bonchev–Trinajstić information content (AvgIpc) is 2.69. The molecule has 0 spiro atoms. The Morgan fingerprint density at radius 2 is 1.33 bits per heavy atom. The van der Waals surface area contributed by atoms with Crippen LogP contribution >= 0.6 is 0 Å². The van der Waals surface area contributed by atoms with Gasteiger partial charge in [0.15, 0.2) is 0 Å². The SMILES string of the molecule is CCCC1CCC(C2CCC(CC(=O)C3CCC(CC)CC3=O)CC2)CC1. The Balaban J connectivity index is 1.38. The summed E-state index contributed by atoms with van der Waals surface area (Å²) in [4.78, 5) is 25.1. The van der Waals surface area contributed by atoms with Gasteiger partial charge in [-0.2, -0.15) is 0 Å². The number of ketones is 2. The van der Waals surface area contributed by atoms with Gasteiger partial charge in [0.2, 0.25) is 0 Å². The highest BCUT2D eigenvalue weighted by molar-refractivity contribution is 6.02. The van der Waals surface area contributed by atoms with Gasteiger partial charge in [0, 0.05) is 12.8 Å². The molecular formula is C25H42O2. The summed E-state index contributed by atoms with van der Waals surface area (Å²) in [5.41, 5.74) is 0. The Labute approximate surface area is 167 Å². The lowest BCUT2D eigenvalue weighted by Crippen LogP contribution is -2.33. The molecular weight excluding hydrogens is 332 g/mol. The number of rotatable bonds is 7. The molecule has 3 saturated carbocycles. The second kappa shape index (κ2) is 10.2. The van der Waals surface area contributed by atoms with Crippen molar-refractivity contribution in [1.29, 1.82) is 0 Å². The molecule has 2 atom stereocenters. The smallest absolute Gasteiger partial charge is 0.143 e. The van der Waals surface area contributed by atoms with E-state index in [-0.39, 0.29) is 17.5 Å². The van der Waals surface area contributed by atoms with Crippen LogP contribution in [0.2, 0.25) is 0 Å². The Hall–Kier alpha value is -0.660. The van der Waals surface area contributed by atoms with Gasteiger partial charge >= 0.3 is 0 Å². The van der Waals surface area contributed by atoms with E-state index < -0.39 is 0 Å². The van der Waals surface area contributed by atoms with Crippen molar-refractivity contribution in [3.63, 3.8) is 0 Å². The molecule has 3 aliphatic carbocycles. The third kappa shape index (κ3) is 5.67. The van der Waals surface area contributed by atoms with Gasteiger partial charge < -0.3 is 0 Å². The van der Waals surface area contributed by atoms with Crippen molar-refractivity contribution < 1.29 is 9.59 Å². The predicted octanol–water partition coefficient (Wildman–Crippen LogP) is 6.75. The maximum Gasteiger partial charge on any atom is 0.143 e. The van der Waals surface area contributed by atoms with Gasteiger partial charge in [0.05, 0.1) is 5.92 Å². The van der Waals surface area contributed by atoms with E-state index in [0.717, 1.165) is 37.0 Å². The third-order valence-corrected chi connectivity index (χ3v) is 8.34. The highest BCUT2D eigenvalue weighted by Crippen LogP contribution is 2.43. The fourth-order valence-electron chi connectivity index (χ4n) is 6.43. The average molecular weight is 375 g/mol. The molecule has 3 fully saturated rings. The molecule has 0 radical (unpaired) electrons. The molecule has 154 valence electrons. The molecule has 0 aromatic heterocycles. The van der Waals surface area contributed by atoms with Crippen molar-refractivity contribution >= 4 is 11.6 Å². The number of hydrogen-bond acceptors (Lipinski definition) is 2. The molecule has 27 heavy (non-hydrogen) atoms. The Kier molecular flexibility index (Phi) is 7.97. The zero-order chi connectivity index (χ0) is 19.2. The molecule has 0 saturated heterocycles. The molecule has 2 heteroatoms. The van der Waals surface area contributed by atoms with E-state index in [1.165, 1.54) is 64.2 Å². The van der Waals surface area contributed by atoms with Gasteiger partial charge in [-0.25, -0.2) is 0 Å². The fraction of sp³-hybridized carbons (Fsp3) is 0.920. The van der Waals surface area contributed by atoms with Crippen LogP contribution in [0.1, 0.15) is 110 Å². The standard InChI is InChI=1S/C25H42O2/c1-3-5-19-6-11-21(12-7-19)22-13-8-20(9-14-22)17-25(27)23-15-10-18(4-2)16-24(23)26/h18-23H,3-17H2,1-2H3. The Morgan fingerprint density at radius 3 is 1.85 bits per heavy atom. The van der Waals surface area contributed by atoms with E-state index in [9.17, 15) is 9.59 Å². The second-order valence-electron chi connectivity index (χ2n) is 10.1. The van der Waals surface area contributed by atoms with Crippen molar-refractivity contribution in [2.75, 3.05) is 0 Å². The predicted molar refractivity (Wildman–Crippen MR) is 112 cm³/mol. The zero-order valence-corrected chi connectivity index (χ0v) is 17.9. The molecule has 0 N–H and O–H groups in total. The molecule has 3 rings (SSSR count). The van der Waals surface area contributed by atoms with E-state index >= 15 is 0 Å². The molecule has 0 bridgehead atoms. The minimum Gasteiger partial charge on any atom is -0.299 e. The lowest BCUT2D eigenvalue weighted by Gasteiger charge is -2.38. The van der Waals surface area contributed by atoms with Gasteiger partial charge in [0.25, 0.3) is 0 Å². The van der Waals surface area contributed by atoms with Crippen LogP contribution in [0.15, 0.2) is 0 Å². The minimum atomic E-state index is -0.251. The molecule has 0 aromatic rings. The normalized spacial score (nSPS) is 37.9. The number of hydrogen-bond donors (Lipinski definition) is 0. The number of carbonyl (C=O) groups excluding carboxylic acids is 2. The Morgan fingerprint density at radius 1 is 0.778 bits per heavy atom. The summed E-state index contributed by atoms with van der Waals surface area (Å²) in [5.74, 6) is 4.24. The van der Waals surface area contributed by atoms with E-state index in [2.05, 4.69) is 13.8 Å². The zero-order valence-electron chi connectivity index (χ0n) is 17.9. The first kappa shape index (κ1) is 21.1. The molecule has 0 heterocycles. The van der Waals surface area contributed by atoms with E-state index in [0.29, 0.717) is 24.7 Å². The quantitative estimate of drug-likeness (QED) is 0.462. The number of Topliss-reactive ketones (excluding diaryl/α,β-unsaturated/α-hetero) is 2.